The number of rotatable bonds is 8. The number of benzene rings is 1. The molecule has 2 saturated heterocycles. The number of nitrogens with two attached hydrogens (primary N) is 1. The maximum absolute atomic E-state index is 13.4. The number of hydrogen-bond acceptors (Lipinski definition) is 5. The fraction of sp³-hybridized carbons (Fsp3) is 0.591. The van der Waals surface area contributed by atoms with E-state index >= 15 is 0 Å². The number of piperidine rings is 1. The largest absolute Gasteiger partial charge is 0.548 e. The van der Waals surface area contributed by atoms with Crippen molar-refractivity contribution in [2.45, 2.75) is 49.6 Å². The fourth-order valence-electron chi connectivity index (χ4n) is 4.53. The monoisotopic (exact) mass is 433 g/mol. The Labute approximate surface area is 182 Å². The number of thioether (sulfide) groups is 1. The third kappa shape index (κ3) is 4.98. The molecule has 7 nitrogen and oxygen atoms in total. The Morgan fingerprint density at radius 3 is 2.53 bits per heavy atom. The molecule has 2 aliphatic heterocycles. The fourth-order valence-corrected chi connectivity index (χ4v) is 5.00. The van der Waals surface area contributed by atoms with E-state index in [4.69, 9.17) is 0 Å². The van der Waals surface area contributed by atoms with Crippen LogP contribution in [0.3, 0.4) is 0 Å². The zero-order chi connectivity index (χ0) is 21.6. The topological polar surface area (TPSA) is 106 Å². The molecule has 0 aromatic heterocycles. The van der Waals surface area contributed by atoms with E-state index in [1.54, 1.807) is 0 Å². The van der Waals surface area contributed by atoms with Gasteiger partial charge in [0.25, 0.3) is 5.91 Å². The van der Waals surface area contributed by atoms with Crippen LogP contribution in [-0.4, -0.2) is 66.4 Å². The molecule has 2 amide bonds. The van der Waals surface area contributed by atoms with Crippen molar-refractivity contribution in [3.8, 4) is 0 Å². The van der Waals surface area contributed by atoms with Gasteiger partial charge in [0.15, 0.2) is 6.04 Å². The summed E-state index contributed by atoms with van der Waals surface area (Å²) < 4.78 is 0. The van der Waals surface area contributed by atoms with Gasteiger partial charge in [0, 0.05) is 25.9 Å². The van der Waals surface area contributed by atoms with Crippen molar-refractivity contribution < 1.29 is 24.8 Å². The third-order valence-corrected chi connectivity index (χ3v) is 7.02. The molecule has 8 heteroatoms. The molecular weight excluding hydrogens is 402 g/mol. The lowest BCUT2D eigenvalue weighted by Crippen LogP contribution is -2.89. The van der Waals surface area contributed by atoms with Gasteiger partial charge in [0.2, 0.25) is 5.91 Å². The van der Waals surface area contributed by atoms with Gasteiger partial charge in [-0.1, -0.05) is 30.3 Å². The van der Waals surface area contributed by atoms with E-state index in [9.17, 15) is 19.5 Å². The van der Waals surface area contributed by atoms with Gasteiger partial charge in [0.05, 0.1) is 24.0 Å². The number of carboxylic acids is 1. The molecule has 0 bridgehead atoms. The first-order valence-electron chi connectivity index (χ1n) is 10.7. The molecule has 0 unspecified atom stereocenters. The lowest BCUT2D eigenvalue weighted by molar-refractivity contribution is -0.658. The van der Waals surface area contributed by atoms with E-state index in [2.05, 4.69) is 10.6 Å². The number of carboxylic acid groups (broad SMARTS) is 1. The van der Waals surface area contributed by atoms with Crippen LogP contribution in [0.4, 0.5) is 0 Å². The van der Waals surface area contributed by atoms with Crippen molar-refractivity contribution in [2.75, 3.05) is 31.6 Å². The molecule has 0 radical (unpaired) electrons. The minimum absolute atomic E-state index is 0.00272. The van der Waals surface area contributed by atoms with Gasteiger partial charge < -0.3 is 25.4 Å². The molecule has 0 aliphatic carbocycles. The SMILES string of the molecule is CSCC[C@H](NC(=O)C1(c2ccccc2)CCN(C(=O)[C@@H]2CCC[NH2+]2)CC1)C(=O)[O-]. The molecule has 2 fully saturated rings. The van der Waals surface area contributed by atoms with Crippen LogP contribution in [0.15, 0.2) is 30.3 Å². The predicted molar refractivity (Wildman–Crippen MR) is 114 cm³/mol. The average Bonchev–Trinajstić information content (AvgIpc) is 3.31. The summed E-state index contributed by atoms with van der Waals surface area (Å²) in [6.07, 6.45) is 5.13. The van der Waals surface area contributed by atoms with Gasteiger partial charge in [0.1, 0.15) is 0 Å². The normalized spacial score (nSPS) is 21.8. The standard InChI is InChI=1S/C22H31N3O4S/c1-30-15-9-18(20(27)28)24-21(29)22(16-6-3-2-4-7-16)10-13-25(14-11-22)19(26)17-8-5-12-23-17/h2-4,6-7,17-18,23H,5,8-15H2,1H3,(H,24,29)(H,27,28)/t17-,18-/m0/s1. The summed E-state index contributed by atoms with van der Waals surface area (Å²) in [5, 5.41) is 16.4. The first kappa shape index (κ1) is 22.6. The van der Waals surface area contributed by atoms with Crippen LogP contribution in [-0.2, 0) is 19.8 Å². The summed E-state index contributed by atoms with van der Waals surface area (Å²) >= 11 is 1.53. The van der Waals surface area contributed by atoms with E-state index in [0.29, 0.717) is 38.1 Å². The molecule has 2 aliphatic rings. The number of quaternary nitrogens is 1. The van der Waals surface area contributed by atoms with Crippen molar-refractivity contribution in [3.63, 3.8) is 0 Å². The third-order valence-electron chi connectivity index (χ3n) is 6.38. The van der Waals surface area contributed by atoms with Crippen molar-refractivity contribution >= 4 is 29.5 Å². The van der Waals surface area contributed by atoms with Crippen molar-refractivity contribution in [1.29, 1.82) is 0 Å². The molecule has 164 valence electrons. The van der Waals surface area contributed by atoms with Crippen LogP contribution in [0.25, 0.3) is 0 Å². The predicted octanol–water partition coefficient (Wildman–Crippen LogP) is -0.740. The molecule has 3 rings (SSSR count). The number of nitrogens with one attached hydrogen (secondary N) is 1. The second-order valence-corrected chi connectivity index (χ2v) is 9.16. The van der Waals surface area contributed by atoms with Crippen molar-refractivity contribution in [3.05, 3.63) is 35.9 Å². The highest BCUT2D eigenvalue weighted by Gasteiger charge is 2.45. The van der Waals surface area contributed by atoms with Crippen molar-refractivity contribution in [1.82, 2.24) is 10.2 Å². The summed E-state index contributed by atoms with van der Waals surface area (Å²) in [7, 11) is 0. The number of aliphatic carboxylic acids is 1. The van der Waals surface area contributed by atoms with Gasteiger partial charge in [-0.15, -0.1) is 0 Å². The van der Waals surface area contributed by atoms with Crippen LogP contribution >= 0.6 is 11.8 Å². The highest BCUT2D eigenvalue weighted by atomic mass is 32.2. The molecule has 1 aromatic rings. The Morgan fingerprint density at radius 2 is 1.97 bits per heavy atom. The van der Waals surface area contributed by atoms with Crippen LogP contribution in [0.2, 0.25) is 0 Å². The van der Waals surface area contributed by atoms with Crippen LogP contribution in [0, 0.1) is 0 Å². The molecule has 0 spiro atoms. The summed E-state index contributed by atoms with van der Waals surface area (Å²) in [5.74, 6) is -0.770. The maximum Gasteiger partial charge on any atom is 0.280 e. The Balaban J connectivity index is 1.77. The summed E-state index contributed by atoms with van der Waals surface area (Å²) in [4.78, 5) is 39.6. The Bertz CT molecular complexity index is 744. The maximum atomic E-state index is 13.4. The van der Waals surface area contributed by atoms with Gasteiger partial charge in [-0.25, -0.2) is 0 Å². The number of carbonyl (C=O) groups is 3. The summed E-state index contributed by atoms with van der Waals surface area (Å²) in [5.41, 5.74) is 0.0220. The van der Waals surface area contributed by atoms with E-state index in [0.717, 1.165) is 24.9 Å². The molecule has 2 heterocycles. The first-order valence-corrected chi connectivity index (χ1v) is 12.1. The van der Waals surface area contributed by atoms with E-state index < -0.39 is 17.4 Å². The van der Waals surface area contributed by atoms with E-state index in [1.165, 1.54) is 11.8 Å². The Kier molecular flexibility index (Phi) is 7.77. The lowest BCUT2D eigenvalue weighted by atomic mass is 9.71. The van der Waals surface area contributed by atoms with Gasteiger partial charge >= 0.3 is 0 Å². The highest BCUT2D eigenvalue weighted by Crippen LogP contribution is 2.36. The number of hydrogen-bond donors (Lipinski definition) is 2. The van der Waals surface area contributed by atoms with E-state index in [-0.39, 0.29) is 17.9 Å². The molecule has 3 N–H and O–H groups in total. The Hall–Kier alpha value is -2.06. The number of amides is 2. The first-order chi connectivity index (χ1) is 14.5. The molecule has 1 aromatic carbocycles. The summed E-state index contributed by atoms with van der Waals surface area (Å²) in [6, 6.07) is 8.48. The van der Waals surface area contributed by atoms with Crippen LogP contribution < -0.4 is 15.7 Å². The van der Waals surface area contributed by atoms with Gasteiger partial charge in [-0.3, -0.25) is 9.59 Å². The second kappa shape index (κ2) is 10.3. The number of likely N-dealkylation sites (tertiary alicyclic amines) is 1. The van der Waals surface area contributed by atoms with E-state index in [1.807, 2.05) is 41.5 Å². The summed E-state index contributed by atoms with van der Waals surface area (Å²) in [6.45, 7) is 1.97. The zero-order valence-electron chi connectivity index (χ0n) is 17.5. The second-order valence-electron chi connectivity index (χ2n) is 8.17. The van der Waals surface area contributed by atoms with Crippen LogP contribution in [0.5, 0.6) is 0 Å². The molecule has 30 heavy (non-hydrogen) atoms. The van der Waals surface area contributed by atoms with Gasteiger partial charge in [-0.05, 0) is 36.8 Å². The quantitative estimate of drug-likeness (QED) is 0.562. The average molecular weight is 434 g/mol. The number of nitrogens with zero attached hydrogens (tertiary/aromatic N) is 1. The number of carbonyl (C=O) groups excluding carboxylic acids is 3. The zero-order valence-corrected chi connectivity index (χ0v) is 18.3. The molecular formula is C22H31N3O4S. The molecule has 2 atom stereocenters. The van der Waals surface area contributed by atoms with Gasteiger partial charge in [-0.2, -0.15) is 11.8 Å². The van der Waals surface area contributed by atoms with Crippen LogP contribution in [0.1, 0.15) is 37.7 Å². The Morgan fingerprint density at radius 1 is 1.27 bits per heavy atom. The minimum atomic E-state index is -1.26. The highest BCUT2D eigenvalue weighted by molar-refractivity contribution is 7.98. The molecule has 0 saturated carbocycles. The lowest BCUT2D eigenvalue weighted by Gasteiger charge is -2.42. The van der Waals surface area contributed by atoms with Crippen molar-refractivity contribution in [2.24, 2.45) is 0 Å². The minimum Gasteiger partial charge on any atom is -0.548 e. The smallest absolute Gasteiger partial charge is 0.280 e.